The van der Waals surface area contributed by atoms with Crippen molar-refractivity contribution in [3.05, 3.63) is 60.2 Å². The Labute approximate surface area is 93.3 Å². The Morgan fingerprint density at radius 1 is 1.19 bits per heavy atom. The molecule has 76 valence electrons. The number of carbonyl (C=O) groups excluding carboxylic acids is 1. The Balaban J connectivity index is 2.23. The number of carbonyl (C=O) groups is 1. The van der Waals surface area contributed by atoms with Gasteiger partial charge in [0.25, 0.3) is 0 Å². The second-order valence-electron chi connectivity index (χ2n) is 3.71. The molecule has 16 heavy (non-hydrogen) atoms. The summed E-state index contributed by atoms with van der Waals surface area (Å²) in [5.74, 6) is -0.0382. The molecule has 1 heterocycles. The third-order valence-corrected chi connectivity index (χ3v) is 2.81. The first-order valence-electron chi connectivity index (χ1n) is 5.09. The van der Waals surface area contributed by atoms with Crippen molar-refractivity contribution >= 4 is 22.8 Å². The predicted molar refractivity (Wildman–Crippen MR) is 64.8 cm³/mol. The second-order valence-corrected chi connectivity index (χ2v) is 3.71. The summed E-state index contributed by atoms with van der Waals surface area (Å²) in [5, 5.41) is 0. The fourth-order valence-corrected chi connectivity index (χ4v) is 2.00. The predicted octanol–water partition coefficient (Wildman–Crippen LogP) is 2.85. The number of fused-ring (bicyclic) bond motifs is 3. The van der Waals surface area contributed by atoms with Gasteiger partial charge in [-0.25, -0.2) is 4.99 Å². The van der Waals surface area contributed by atoms with Gasteiger partial charge in [-0.3, -0.25) is 4.79 Å². The van der Waals surface area contributed by atoms with Crippen LogP contribution in [0, 0.1) is 0 Å². The molecule has 0 aromatic heterocycles. The fourth-order valence-electron chi connectivity index (χ4n) is 2.00. The van der Waals surface area contributed by atoms with Crippen molar-refractivity contribution in [1.29, 1.82) is 0 Å². The summed E-state index contributed by atoms with van der Waals surface area (Å²) in [6, 6.07) is 7.78. The Bertz CT molecular complexity index is 603. The van der Waals surface area contributed by atoms with Crippen LogP contribution in [-0.2, 0) is 4.79 Å². The molecule has 2 nitrogen and oxygen atoms in total. The van der Waals surface area contributed by atoms with Crippen LogP contribution < -0.4 is 0 Å². The first-order valence-corrected chi connectivity index (χ1v) is 5.09. The second kappa shape index (κ2) is 3.14. The summed E-state index contributed by atoms with van der Waals surface area (Å²) in [5.41, 5.74) is 3.97. The van der Waals surface area contributed by atoms with E-state index in [2.05, 4.69) is 11.6 Å². The third-order valence-electron chi connectivity index (χ3n) is 2.81. The van der Waals surface area contributed by atoms with Crippen LogP contribution in [0.5, 0.6) is 0 Å². The standard InChI is InChI=1S/C14H9NO/c1-2-9-7-8-11-10-5-3-4-6-12(10)15-13(11)14(9)16/h2-8H,1H2. The molecule has 0 saturated carbocycles. The van der Waals surface area contributed by atoms with Crippen molar-refractivity contribution in [1.82, 2.24) is 0 Å². The van der Waals surface area contributed by atoms with Crippen molar-refractivity contribution in [2.75, 3.05) is 0 Å². The van der Waals surface area contributed by atoms with Gasteiger partial charge in [-0.1, -0.05) is 43.0 Å². The molecule has 1 aliphatic carbocycles. The third kappa shape index (κ3) is 1.07. The largest absolute Gasteiger partial charge is 0.287 e. The molecule has 2 aliphatic rings. The minimum absolute atomic E-state index is 0.0382. The van der Waals surface area contributed by atoms with E-state index in [9.17, 15) is 4.79 Å². The SMILES string of the molecule is C=CC1=CC=C2C(=Nc3ccccc32)C1=O. The minimum atomic E-state index is -0.0382. The van der Waals surface area contributed by atoms with Gasteiger partial charge in [0.05, 0.1) is 5.69 Å². The first-order chi connectivity index (χ1) is 7.81. The summed E-state index contributed by atoms with van der Waals surface area (Å²) in [4.78, 5) is 16.4. The van der Waals surface area contributed by atoms with E-state index in [1.165, 1.54) is 0 Å². The molecule has 2 heteroatoms. The zero-order valence-corrected chi connectivity index (χ0v) is 8.60. The van der Waals surface area contributed by atoms with Gasteiger partial charge < -0.3 is 0 Å². The number of para-hydroxylation sites is 1. The molecular weight excluding hydrogens is 198 g/mol. The van der Waals surface area contributed by atoms with E-state index < -0.39 is 0 Å². The highest BCUT2D eigenvalue weighted by molar-refractivity contribution is 6.63. The lowest BCUT2D eigenvalue weighted by atomic mass is 9.92. The van der Waals surface area contributed by atoms with Gasteiger partial charge in [-0.2, -0.15) is 0 Å². The number of Topliss-reactive ketones (excluding diaryl/α,β-unsaturated/α-hetero) is 1. The summed E-state index contributed by atoms with van der Waals surface area (Å²) >= 11 is 0. The van der Waals surface area contributed by atoms with Gasteiger partial charge in [-0.05, 0) is 6.07 Å². The Morgan fingerprint density at radius 2 is 2.00 bits per heavy atom. The van der Waals surface area contributed by atoms with Crippen LogP contribution in [-0.4, -0.2) is 11.5 Å². The summed E-state index contributed by atoms with van der Waals surface area (Å²) in [6.45, 7) is 3.62. The molecule has 0 N–H and O–H groups in total. The fraction of sp³-hybridized carbons (Fsp3) is 0. The van der Waals surface area contributed by atoms with Crippen LogP contribution in [0.3, 0.4) is 0 Å². The van der Waals surface area contributed by atoms with Crippen molar-refractivity contribution in [2.45, 2.75) is 0 Å². The van der Waals surface area contributed by atoms with E-state index >= 15 is 0 Å². The quantitative estimate of drug-likeness (QED) is 0.651. The van der Waals surface area contributed by atoms with Crippen LogP contribution in [0.2, 0.25) is 0 Å². The lowest BCUT2D eigenvalue weighted by molar-refractivity contribution is -0.109. The van der Waals surface area contributed by atoms with Crippen LogP contribution >= 0.6 is 0 Å². The maximum absolute atomic E-state index is 12.0. The highest BCUT2D eigenvalue weighted by Crippen LogP contribution is 2.37. The average molecular weight is 207 g/mol. The monoisotopic (exact) mass is 207 g/mol. The maximum Gasteiger partial charge on any atom is 0.211 e. The van der Waals surface area contributed by atoms with E-state index in [0.717, 1.165) is 16.8 Å². The van der Waals surface area contributed by atoms with Gasteiger partial charge >= 0.3 is 0 Å². The Hall–Kier alpha value is -2.22. The highest BCUT2D eigenvalue weighted by atomic mass is 16.1. The van der Waals surface area contributed by atoms with Crippen molar-refractivity contribution in [2.24, 2.45) is 4.99 Å². The molecule has 0 saturated heterocycles. The summed E-state index contributed by atoms with van der Waals surface area (Å²) < 4.78 is 0. The molecule has 0 radical (unpaired) electrons. The normalized spacial score (nSPS) is 17.0. The Kier molecular flexibility index (Phi) is 1.77. The van der Waals surface area contributed by atoms with Gasteiger partial charge in [0, 0.05) is 16.7 Å². The van der Waals surface area contributed by atoms with E-state index in [0.29, 0.717) is 11.3 Å². The first kappa shape index (κ1) is 9.04. The van der Waals surface area contributed by atoms with Gasteiger partial charge in [-0.15, -0.1) is 0 Å². The molecule has 0 amide bonds. The number of allylic oxidation sites excluding steroid dienone is 5. The van der Waals surface area contributed by atoms with Crippen LogP contribution in [0.1, 0.15) is 5.56 Å². The zero-order chi connectivity index (χ0) is 11.1. The molecule has 1 aliphatic heterocycles. The molecular formula is C14H9NO. The van der Waals surface area contributed by atoms with Crippen LogP contribution in [0.4, 0.5) is 5.69 Å². The van der Waals surface area contributed by atoms with Crippen molar-refractivity contribution in [3.8, 4) is 0 Å². The summed E-state index contributed by atoms with van der Waals surface area (Å²) in [7, 11) is 0. The smallest absolute Gasteiger partial charge is 0.211 e. The molecule has 1 aromatic rings. The van der Waals surface area contributed by atoms with Crippen molar-refractivity contribution < 1.29 is 4.79 Å². The number of benzene rings is 1. The topological polar surface area (TPSA) is 29.4 Å². The minimum Gasteiger partial charge on any atom is -0.287 e. The number of aliphatic imine (C=N–C) groups is 1. The molecule has 0 spiro atoms. The van der Waals surface area contributed by atoms with E-state index in [4.69, 9.17) is 0 Å². The number of nitrogens with zero attached hydrogens (tertiary/aromatic N) is 1. The number of rotatable bonds is 1. The number of hydrogen-bond donors (Lipinski definition) is 0. The van der Waals surface area contributed by atoms with E-state index in [-0.39, 0.29) is 5.78 Å². The maximum atomic E-state index is 12.0. The molecule has 0 atom stereocenters. The molecule has 3 rings (SSSR count). The van der Waals surface area contributed by atoms with E-state index in [1.807, 2.05) is 30.3 Å². The van der Waals surface area contributed by atoms with Gasteiger partial charge in [0.1, 0.15) is 5.71 Å². The highest BCUT2D eigenvalue weighted by Gasteiger charge is 2.28. The summed E-state index contributed by atoms with van der Waals surface area (Å²) in [6.07, 6.45) is 5.30. The number of ketones is 1. The van der Waals surface area contributed by atoms with Crippen molar-refractivity contribution in [3.63, 3.8) is 0 Å². The van der Waals surface area contributed by atoms with Crippen LogP contribution in [0.15, 0.2) is 59.6 Å². The molecule has 0 bridgehead atoms. The lowest BCUT2D eigenvalue weighted by Gasteiger charge is -2.08. The van der Waals surface area contributed by atoms with Gasteiger partial charge in [0.2, 0.25) is 5.78 Å². The Morgan fingerprint density at radius 3 is 2.81 bits per heavy atom. The number of hydrogen-bond acceptors (Lipinski definition) is 2. The molecule has 0 fully saturated rings. The average Bonchev–Trinajstić information content (AvgIpc) is 2.69. The zero-order valence-electron chi connectivity index (χ0n) is 8.60. The van der Waals surface area contributed by atoms with E-state index in [1.54, 1.807) is 12.2 Å². The van der Waals surface area contributed by atoms with Crippen LogP contribution in [0.25, 0.3) is 5.57 Å². The molecule has 0 unspecified atom stereocenters. The van der Waals surface area contributed by atoms with Gasteiger partial charge in [0.15, 0.2) is 0 Å². The lowest BCUT2D eigenvalue weighted by Crippen LogP contribution is -2.17. The molecule has 1 aromatic carbocycles.